The van der Waals surface area contributed by atoms with Gasteiger partial charge in [-0.05, 0) is 55.6 Å². The molecule has 0 bridgehead atoms. The molecule has 0 aromatic carbocycles. The van der Waals surface area contributed by atoms with Crippen LogP contribution in [0.1, 0.15) is 44.5 Å². The smallest absolute Gasteiger partial charge is 0.410 e. The zero-order valence-electron chi connectivity index (χ0n) is 16.2. The maximum Gasteiger partial charge on any atom is 0.410 e. The third-order valence-electron chi connectivity index (χ3n) is 4.79. The Morgan fingerprint density at radius 1 is 1.36 bits per heavy atom. The van der Waals surface area contributed by atoms with Crippen molar-refractivity contribution in [3.8, 4) is 11.3 Å². The Bertz CT molecular complexity index is 999. The highest BCUT2D eigenvalue weighted by Gasteiger charge is 2.29. The minimum absolute atomic E-state index is 0.220. The first-order valence-corrected chi connectivity index (χ1v) is 11.0. The number of hydrogen-bond acceptors (Lipinski definition) is 5. The maximum absolute atomic E-state index is 12.2. The highest BCUT2D eigenvalue weighted by molar-refractivity contribution is 9.10. The van der Waals surface area contributed by atoms with E-state index in [0.29, 0.717) is 19.0 Å². The lowest BCUT2D eigenvalue weighted by atomic mass is 9.98. The van der Waals surface area contributed by atoms with Crippen molar-refractivity contribution in [2.75, 3.05) is 13.1 Å². The van der Waals surface area contributed by atoms with Gasteiger partial charge in [-0.1, -0.05) is 0 Å². The van der Waals surface area contributed by atoms with Crippen LogP contribution in [0, 0.1) is 0 Å². The average molecular weight is 463 g/mol. The number of hydrogen-bond donors (Lipinski definition) is 1. The van der Waals surface area contributed by atoms with Crippen LogP contribution in [0.3, 0.4) is 0 Å². The number of rotatable bonds is 2. The summed E-state index contributed by atoms with van der Waals surface area (Å²) in [4.78, 5) is 26.6. The van der Waals surface area contributed by atoms with E-state index < -0.39 is 5.60 Å². The molecule has 8 heteroatoms. The van der Waals surface area contributed by atoms with Crippen LogP contribution in [0.15, 0.2) is 28.3 Å². The summed E-state index contributed by atoms with van der Waals surface area (Å²) in [6, 6.07) is 2.06. The molecule has 1 aliphatic heterocycles. The van der Waals surface area contributed by atoms with Crippen LogP contribution >= 0.6 is 27.3 Å². The molecule has 1 fully saturated rings. The maximum atomic E-state index is 12.2. The first kappa shape index (κ1) is 19.4. The van der Waals surface area contributed by atoms with Crippen molar-refractivity contribution < 1.29 is 9.53 Å². The molecule has 0 atom stereocenters. The Morgan fingerprint density at radius 3 is 2.82 bits per heavy atom. The van der Waals surface area contributed by atoms with Crippen molar-refractivity contribution >= 4 is 44.4 Å². The minimum atomic E-state index is -0.457. The van der Waals surface area contributed by atoms with Crippen molar-refractivity contribution in [3.63, 3.8) is 0 Å². The number of pyridine rings is 1. The quantitative estimate of drug-likeness (QED) is 0.540. The van der Waals surface area contributed by atoms with E-state index in [1.54, 1.807) is 22.4 Å². The highest BCUT2D eigenvalue weighted by atomic mass is 79.9. The summed E-state index contributed by atoms with van der Waals surface area (Å²) in [5.41, 5.74) is 2.44. The summed E-state index contributed by atoms with van der Waals surface area (Å²) in [7, 11) is 0. The molecule has 28 heavy (non-hydrogen) atoms. The molecule has 0 unspecified atom stereocenters. The number of piperidine rings is 1. The van der Waals surface area contributed by atoms with Crippen LogP contribution in [-0.2, 0) is 4.74 Å². The van der Waals surface area contributed by atoms with E-state index in [0.717, 1.165) is 44.6 Å². The van der Waals surface area contributed by atoms with Gasteiger partial charge in [0.2, 0.25) is 0 Å². The van der Waals surface area contributed by atoms with Gasteiger partial charge >= 0.3 is 6.09 Å². The second kappa shape index (κ2) is 7.48. The first-order valence-electron chi connectivity index (χ1n) is 9.36. The summed E-state index contributed by atoms with van der Waals surface area (Å²) in [6.07, 6.45) is 5.35. The Morgan fingerprint density at radius 2 is 2.11 bits per heavy atom. The van der Waals surface area contributed by atoms with Gasteiger partial charge in [-0.2, -0.15) is 0 Å². The van der Waals surface area contributed by atoms with Crippen LogP contribution in [-0.4, -0.2) is 44.6 Å². The minimum Gasteiger partial charge on any atom is -0.444 e. The van der Waals surface area contributed by atoms with Crippen molar-refractivity contribution in [1.29, 1.82) is 0 Å². The number of nitrogens with zero attached hydrogens (tertiary/aromatic N) is 3. The van der Waals surface area contributed by atoms with Gasteiger partial charge in [0.05, 0.1) is 10.7 Å². The lowest BCUT2D eigenvalue weighted by Crippen LogP contribution is -2.41. The number of likely N-dealkylation sites (tertiary alicyclic amines) is 1. The van der Waals surface area contributed by atoms with Gasteiger partial charge in [0.25, 0.3) is 0 Å². The molecule has 4 rings (SSSR count). The lowest BCUT2D eigenvalue weighted by Gasteiger charge is -2.32. The van der Waals surface area contributed by atoms with E-state index in [9.17, 15) is 4.79 Å². The molecule has 3 aromatic rings. The molecule has 1 N–H and O–H groups in total. The van der Waals surface area contributed by atoms with Crippen LogP contribution in [0.25, 0.3) is 22.3 Å². The number of aromatic nitrogens is 3. The molecule has 1 saturated heterocycles. The number of fused-ring (bicyclic) bond motifs is 1. The molecule has 0 aliphatic carbocycles. The standard InChI is InChI=1S/C20H23BrN4O2S/c1-20(2,3)27-19(26)25-6-4-12(5-7-25)18-24-16(11-28-18)15-10-23-17-14(15)8-13(21)9-22-17/h8-12H,4-7H2,1-3H3,(H,22,23). The number of nitrogens with one attached hydrogen (secondary N) is 1. The second-order valence-corrected chi connectivity index (χ2v) is 9.87. The summed E-state index contributed by atoms with van der Waals surface area (Å²) in [6.45, 7) is 7.10. The second-order valence-electron chi connectivity index (χ2n) is 8.06. The van der Waals surface area contributed by atoms with Gasteiger partial charge in [0, 0.05) is 52.2 Å². The first-order chi connectivity index (χ1) is 13.3. The molecular weight excluding hydrogens is 440 g/mol. The zero-order valence-corrected chi connectivity index (χ0v) is 18.6. The third kappa shape index (κ3) is 4.07. The summed E-state index contributed by atoms with van der Waals surface area (Å²) < 4.78 is 6.43. The number of H-pyrrole nitrogens is 1. The fourth-order valence-corrected chi connectivity index (χ4v) is 4.75. The topological polar surface area (TPSA) is 71.1 Å². The molecule has 1 amide bonds. The van der Waals surface area contributed by atoms with Crippen molar-refractivity contribution in [1.82, 2.24) is 19.9 Å². The van der Waals surface area contributed by atoms with Gasteiger partial charge in [0.15, 0.2) is 0 Å². The Hall–Kier alpha value is -1.93. The third-order valence-corrected chi connectivity index (χ3v) is 6.23. The van der Waals surface area contributed by atoms with Crippen molar-refractivity contribution in [2.24, 2.45) is 0 Å². The van der Waals surface area contributed by atoms with Gasteiger partial charge in [0.1, 0.15) is 11.2 Å². The van der Waals surface area contributed by atoms with Crippen LogP contribution in [0.5, 0.6) is 0 Å². The predicted molar refractivity (Wildman–Crippen MR) is 115 cm³/mol. The zero-order chi connectivity index (χ0) is 19.9. The molecule has 0 saturated carbocycles. The molecule has 4 heterocycles. The van der Waals surface area contributed by atoms with E-state index in [2.05, 4.69) is 37.3 Å². The van der Waals surface area contributed by atoms with Crippen molar-refractivity contribution in [3.05, 3.63) is 33.3 Å². The SMILES string of the molecule is CC(C)(C)OC(=O)N1CCC(c2nc(-c3c[nH]c4ncc(Br)cc34)cs2)CC1. The fourth-order valence-electron chi connectivity index (χ4n) is 3.42. The molecule has 6 nitrogen and oxygen atoms in total. The Kier molecular flexibility index (Phi) is 5.18. The average Bonchev–Trinajstić information content (AvgIpc) is 3.26. The monoisotopic (exact) mass is 462 g/mol. The van der Waals surface area contributed by atoms with E-state index in [-0.39, 0.29) is 6.09 Å². The van der Waals surface area contributed by atoms with Gasteiger partial charge in [-0.25, -0.2) is 14.8 Å². The molecule has 0 spiro atoms. The number of aromatic amines is 1. The van der Waals surface area contributed by atoms with E-state index >= 15 is 0 Å². The van der Waals surface area contributed by atoms with E-state index in [1.807, 2.05) is 27.0 Å². The lowest BCUT2D eigenvalue weighted by molar-refractivity contribution is 0.0205. The Labute approximate surface area is 176 Å². The highest BCUT2D eigenvalue weighted by Crippen LogP contribution is 2.35. The van der Waals surface area contributed by atoms with Crippen molar-refractivity contribution in [2.45, 2.75) is 45.1 Å². The predicted octanol–water partition coefficient (Wildman–Crippen LogP) is 5.56. The number of amides is 1. The fraction of sp³-hybridized carbons (Fsp3) is 0.450. The molecule has 1 aliphatic rings. The van der Waals surface area contributed by atoms with Crippen LogP contribution in [0.2, 0.25) is 0 Å². The van der Waals surface area contributed by atoms with Gasteiger partial charge < -0.3 is 14.6 Å². The summed E-state index contributed by atoms with van der Waals surface area (Å²) in [5, 5.41) is 4.31. The summed E-state index contributed by atoms with van der Waals surface area (Å²) >= 11 is 5.19. The number of ether oxygens (including phenoxy) is 1. The van der Waals surface area contributed by atoms with Gasteiger partial charge in [-0.15, -0.1) is 11.3 Å². The van der Waals surface area contributed by atoms with E-state index in [1.165, 1.54) is 0 Å². The number of halogens is 1. The normalized spacial score (nSPS) is 15.9. The summed E-state index contributed by atoms with van der Waals surface area (Å²) in [5.74, 6) is 0.382. The Balaban J connectivity index is 1.45. The van der Waals surface area contributed by atoms with Crippen LogP contribution < -0.4 is 0 Å². The van der Waals surface area contributed by atoms with Gasteiger partial charge in [-0.3, -0.25) is 0 Å². The molecule has 0 radical (unpaired) electrons. The molecular formula is C20H23BrN4O2S. The molecule has 3 aromatic heterocycles. The molecule has 148 valence electrons. The largest absolute Gasteiger partial charge is 0.444 e. The van der Waals surface area contributed by atoms with Crippen LogP contribution in [0.4, 0.5) is 4.79 Å². The number of carbonyl (C=O) groups excluding carboxylic acids is 1. The van der Waals surface area contributed by atoms with E-state index in [4.69, 9.17) is 9.72 Å². The number of carbonyl (C=O) groups is 1. The number of thiazole rings is 1.